The zero-order valence-corrected chi connectivity index (χ0v) is 28.8. The summed E-state index contributed by atoms with van der Waals surface area (Å²) >= 11 is 0. The molecule has 1 saturated heterocycles. The average Bonchev–Trinajstić information content (AvgIpc) is 3.76. The monoisotopic (exact) mass is 715 g/mol. The van der Waals surface area contributed by atoms with E-state index in [1.165, 1.54) is 25.4 Å². The van der Waals surface area contributed by atoms with Crippen molar-refractivity contribution >= 4 is 47.6 Å². The van der Waals surface area contributed by atoms with Crippen LogP contribution in [0.2, 0.25) is 0 Å². The minimum atomic E-state index is -1.14. The average molecular weight is 717 g/mol. The summed E-state index contributed by atoms with van der Waals surface area (Å²) in [5.41, 5.74) is 6.11. The van der Waals surface area contributed by atoms with Crippen molar-refractivity contribution in [3.8, 4) is 0 Å². The summed E-state index contributed by atoms with van der Waals surface area (Å²) in [6.45, 7) is 14.4. The number of methoxy groups -OCH3 is 2. The summed E-state index contributed by atoms with van der Waals surface area (Å²) < 4.78 is 10.2. The van der Waals surface area contributed by atoms with Crippen LogP contribution in [0.15, 0.2) is 17.7 Å². The molecule has 0 N–H and O–H groups in total. The van der Waals surface area contributed by atoms with E-state index in [1.807, 2.05) is 26.0 Å². The number of ether oxygens (including phenoxy) is 2. The van der Waals surface area contributed by atoms with Crippen LogP contribution in [0.5, 0.6) is 0 Å². The van der Waals surface area contributed by atoms with E-state index in [9.17, 15) is 14.4 Å². The number of esters is 2. The van der Waals surface area contributed by atoms with Crippen LogP contribution >= 0.6 is 0 Å². The maximum absolute atomic E-state index is 14.1. The van der Waals surface area contributed by atoms with Crippen LogP contribution in [0.1, 0.15) is 67.1 Å². The van der Waals surface area contributed by atoms with E-state index in [0.29, 0.717) is 28.3 Å². The van der Waals surface area contributed by atoms with Gasteiger partial charge in [-0.3, -0.25) is 14.4 Å². The molecular formula is C36H40AgN4O5-4. The first-order valence-corrected chi connectivity index (χ1v) is 15.7. The molecule has 3 aliphatic heterocycles. The Hall–Kier alpha value is -3.21. The summed E-state index contributed by atoms with van der Waals surface area (Å²) in [6, 6.07) is -1.20. The summed E-state index contributed by atoms with van der Waals surface area (Å²) in [7, 11) is 2.67. The molecule has 5 heterocycles. The van der Waals surface area contributed by atoms with E-state index in [1.54, 1.807) is 0 Å². The Morgan fingerprint density at radius 2 is 1.65 bits per heavy atom. The van der Waals surface area contributed by atoms with E-state index in [2.05, 4.69) is 39.5 Å². The normalized spacial score (nSPS) is 30.1. The van der Waals surface area contributed by atoms with Crippen LogP contribution in [0, 0.1) is 31.6 Å². The molecule has 0 aromatic carbocycles. The zero-order chi connectivity index (χ0) is 32.3. The van der Waals surface area contributed by atoms with Crippen molar-refractivity contribution in [3.05, 3.63) is 72.0 Å². The minimum absolute atomic E-state index is 0. The number of rotatable bonds is 6. The summed E-state index contributed by atoms with van der Waals surface area (Å²) in [6.07, 6.45) is 9.56. The molecule has 0 amide bonds. The summed E-state index contributed by atoms with van der Waals surface area (Å²) in [5.74, 6) is -2.58. The first kappa shape index (κ1) is 34.1. The number of carbonyl (C=O) groups excluding carboxylic acids is 3. The molecule has 1 fully saturated rings. The van der Waals surface area contributed by atoms with E-state index >= 15 is 0 Å². The van der Waals surface area contributed by atoms with E-state index in [0.717, 1.165) is 33.8 Å². The Kier molecular flexibility index (Phi) is 9.74. The fourth-order valence-electron chi connectivity index (χ4n) is 7.82. The van der Waals surface area contributed by atoms with Crippen LogP contribution in [-0.2, 0) is 41.4 Å². The van der Waals surface area contributed by atoms with Crippen LogP contribution in [0.3, 0.4) is 0 Å². The first-order valence-electron chi connectivity index (χ1n) is 15.7. The fourth-order valence-corrected chi connectivity index (χ4v) is 7.82. The maximum Gasteiger partial charge on any atom is 0.320 e. The van der Waals surface area contributed by atoms with Gasteiger partial charge >= 0.3 is 11.9 Å². The molecule has 1 radical (unpaired) electrons. The molecular weight excluding hydrogens is 676 g/mol. The Labute approximate surface area is 284 Å². The van der Waals surface area contributed by atoms with Crippen LogP contribution in [-0.4, -0.2) is 56.1 Å². The van der Waals surface area contributed by atoms with Gasteiger partial charge in [-0.15, -0.1) is 51.7 Å². The van der Waals surface area contributed by atoms with Gasteiger partial charge in [0.1, 0.15) is 5.92 Å². The molecule has 7 atom stereocenters. The number of Topliss-reactive ketones (excluding diaryl/α,β-unsaturated/α-hetero) is 1. The van der Waals surface area contributed by atoms with E-state index < -0.39 is 17.9 Å². The third-order valence-electron chi connectivity index (χ3n) is 10.4. The summed E-state index contributed by atoms with van der Waals surface area (Å²) in [4.78, 5) is 49.8. The van der Waals surface area contributed by atoms with Gasteiger partial charge in [0, 0.05) is 34.4 Å². The number of nitrogens with zero attached hydrogens (tertiary/aromatic N) is 4. The van der Waals surface area contributed by atoms with Crippen LogP contribution in [0.25, 0.3) is 40.5 Å². The molecule has 8 bridgehead atoms. The number of ketones is 1. The SMILES string of the molecule is C=Cc1c(C)/c2[n-]/c1=C\C1[N-]C(/C=c3\[n-]c4c(c3C)C(=O)C(C(=O)OC)C=4C3[N-]C(\C=2)C(C)C3CCC(=O)OC)C(CC)=C1C.[Ag]. The van der Waals surface area contributed by atoms with Crippen molar-refractivity contribution < 1.29 is 46.2 Å². The molecule has 4 aliphatic rings. The second-order valence-corrected chi connectivity index (χ2v) is 12.6. The molecule has 6 rings (SSSR count). The Morgan fingerprint density at radius 3 is 2.30 bits per heavy atom. The molecule has 2 aromatic heterocycles. The summed E-state index contributed by atoms with van der Waals surface area (Å²) in [5, 5.41) is 13.3. The largest absolute Gasteiger partial charge is 0.658 e. The third-order valence-corrected chi connectivity index (χ3v) is 10.4. The number of aromatic nitrogens is 2. The second-order valence-electron chi connectivity index (χ2n) is 12.6. The van der Waals surface area contributed by atoms with Crippen molar-refractivity contribution in [3.63, 3.8) is 0 Å². The fraction of sp³-hybridized carbons (Fsp3) is 0.472. The van der Waals surface area contributed by atoms with E-state index in [4.69, 9.17) is 30.1 Å². The van der Waals surface area contributed by atoms with Gasteiger partial charge in [0.05, 0.1) is 14.2 Å². The molecule has 7 unspecified atom stereocenters. The molecule has 9 nitrogen and oxygen atoms in total. The van der Waals surface area contributed by atoms with Crippen LogP contribution in [0.4, 0.5) is 0 Å². The predicted molar refractivity (Wildman–Crippen MR) is 173 cm³/mol. The quantitative estimate of drug-likeness (QED) is 0.194. The van der Waals surface area contributed by atoms with Gasteiger partial charge in [-0.2, -0.15) is 0 Å². The van der Waals surface area contributed by atoms with Gasteiger partial charge in [-0.1, -0.05) is 78.3 Å². The number of carbonyl (C=O) groups is 3. The third kappa shape index (κ3) is 5.36. The Bertz CT molecular complexity index is 1900. The predicted octanol–water partition coefficient (Wildman–Crippen LogP) is 2.23. The molecule has 1 aliphatic carbocycles. The van der Waals surface area contributed by atoms with Crippen molar-refractivity contribution in [1.29, 1.82) is 0 Å². The van der Waals surface area contributed by atoms with Gasteiger partial charge in [-0.05, 0) is 39.2 Å². The Morgan fingerprint density at radius 1 is 0.957 bits per heavy atom. The number of hydrogen-bond acceptors (Lipinski definition) is 5. The minimum Gasteiger partial charge on any atom is -0.658 e. The second kappa shape index (κ2) is 13.1. The standard InChI is InChI=1S/C36H40N4O5.Ag/c1-9-20-16(3)23-13-25-18(5)22(11-12-29(41)44-7)33(39-25)31-32(36(43)45-8)35(42)30-19(6)26(40-34(30)31)15-28-21(10-2)17(4)24(38-28)14-27(20)37-23;/h9,13-15,18,22,24-25,28,32-33H,1,10-12H2,2-8H3;/q-4;/b23-13-,26-15-,27-14-;. The topological polar surface area (TPSA) is 126 Å². The van der Waals surface area contributed by atoms with Crippen molar-refractivity contribution in [2.75, 3.05) is 14.2 Å². The van der Waals surface area contributed by atoms with E-state index in [-0.39, 0.29) is 70.5 Å². The molecule has 249 valence electrons. The molecule has 0 saturated carbocycles. The van der Waals surface area contributed by atoms with Crippen molar-refractivity contribution in [1.82, 2.24) is 9.97 Å². The van der Waals surface area contributed by atoms with Gasteiger partial charge < -0.3 is 30.1 Å². The molecule has 10 heteroatoms. The number of hydrogen-bond donors (Lipinski definition) is 0. The van der Waals surface area contributed by atoms with Gasteiger partial charge in [0.2, 0.25) is 0 Å². The molecule has 2 aromatic rings. The van der Waals surface area contributed by atoms with Crippen LogP contribution < -0.4 is 31.4 Å². The van der Waals surface area contributed by atoms with Crippen molar-refractivity contribution in [2.24, 2.45) is 17.8 Å². The van der Waals surface area contributed by atoms with Gasteiger partial charge in [0.15, 0.2) is 5.78 Å². The first-order chi connectivity index (χ1) is 21.5. The van der Waals surface area contributed by atoms with Gasteiger partial charge in [-0.25, -0.2) is 0 Å². The molecule has 46 heavy (non-hydrogen) atoms. The number of fused-ring (bicyclic) bond motifs is 8. The maximum atomic E-state index is 14.1. The Balaban J connectivity index is 0.00000417. The van der Waals surface area contributed by atoms with Gasteiger partial charge in [0.25, 0.3) is 0 Å². The molecule has 0 spiro atoms. The zero-order valence-electron chi connectivity index (χ0n) is 27.3. The smallest absolute Gasteiger partial charge is 0.320 e. The van der Waals surface area contributed by atoms with Crippen molar-refractivity contribution in [2.45, 2.75) is 78.0 Å².